The van der Waals surface area contributed by atoms with E-state index in [4.69, 9.17) is 10.5 Å². The Labute approximate surface area is 153 Å². The fourth-order valence-corrected chi connectivity index (χ4v) is 3.65. The number of methoxy groups -OCH3 is 1. The zero-order valence-electron chi connectivity index (χ0n) is 15.1. The van der Waals surface area contributed by atoms with Crippen molar-refractivity contribution in [3.8, 4) is 17.0 Å². The summed E-state index contributed by atoms with van der Waals surface area (Å²) in [7, 11) is 1.71. The van der Waals surface area contributed by atoms with Gasteiger partial charge in [-0.15, -0.1) is 0 Å². The molecule has 1 heterocycles. The molecule has 3 aromatic carbocycles. The number of nitrogens with one attached hydrogen (secondary N) is 1. The minimum Gasteiger partial charge on any atom is -0.497 e. The third-order valence-electron chi connectivity index (χ3n) is 5.03. The first-order valence-corrected chi connectivity index (χ1v) is 9.18. The quantitative estimate of drug-likeness (QED) is 0.468. The van der Waals surface area contributed by atoms with E-state index in [2.05, 4.69) is 59.6 Å². The summed E-state index contributed by atoms with van der Waals surface area (Å²) < 4.78 is 5.44. The number of fused-ring (bicyclic) bond motifs is 2. The van der Waals surface area contributed by atoms with Crippen LogP contribution in [0.5, 0.6) is 5.75 Å². The van der Waals surface area contributed by atoms with Gasteiger partial charge < -0.3 is 15.5 Å². The third-order valence-corrected chi connectivity index (χ3v) is 5.03. The summed E-state index contributed by atoms with van der Waals surface area (Å²) in [5, 5.41) is 3.76. The van der Waals surface area contributed by atoms with E-state index in [0.717, 1.165) is 37.1 Å². The lowest BCUT2D eigenvalue weighted by Gasteiger charge is -2.07. The minimum atomic E-state index is 0.733. The highest BCUT2D eigenvalue weighted by Crippen LogP contribution is 2.34. The molecule has 0 radical (unpaired) electrons. The monoisotopic (exact) mass is 344 g/mol. The molecule has 0 saturated carbocycles. The lowest BCUT2D eigenvalue weighted by atomic mass is 9.98. The van der Waals surface area contributed by atoms with Crippen LogP contribution < -0.4 is 10.5 Å². The Kier molecular flexibility index (Phi) is 4.63. The molecule has 26 heavy (non-hydrogen) atoms. The highest BCUT2D eigenvalue weighted by molar-refractivity contribution is 5.94. The number of hydrogen-bond acceptors (Lipinski definition) is 2. The van der Waals surface area contributed by atoms with E-state index >= 15 is 0 Å². The SMILES string of the molecule is COc1ccc2[nH]c(-c3ccc4ccccc4c3)c(CCCCN)c2c1. The van der Waals surface area contributed by atoms with E-state index in [0.29, 0.717) is 0 Å². The zero-order chi connectivity index (χ0) is 17.9. The van der Waals surface area contributed by atoms with Crippen molar-refractivity contribution < 1.29 is 4.74 Å². The van der Waals surface area contributed by atoms with Gasteiger partial charge in [-0.05, 0) is 72.0 Å². The Morgan fingerprint density at radius 3 is 2.58 bits per heavy atom. The first kappa shape index (κ1) is 16.7. The lowest BCUT2D eigenvalue weighted by Crippen LogP contribution is -1.99. The average molecular weight is 344 g/mol. The summed E-state index contributed by atoms with van der Waals surface area (Å²) in [5.74, 6) is 0.890. The van der Waals surface area contributed by atoms with Crippen molar-refractivity contribution in [1.29, 1.82) is 0 Å². The number of nitrogens with two attached hydrogens (primary N) is 1. The molecule has 0 aliphatic carbocycles. The molecular formula is C23H24N2O. The number of ether oxygens (including phenoxy) is 1. The van der Waals surface area contributed by atoms with E-state index in [1.54, 1.807) is 7.11 Å². The van der Waals surface area contributed by atoms with Gasteiger partial charge in [0.15, 0.2) is 0 Å². The molecule has 0 aliphatic rings. The molecule has 0 unspecified atom stereocenters. The first-order valence-electron chi connectivity index (χ1n) is 9.18. The van der Waals surface area contributed by atoms with Crippen LogP contribution in [0.25, 0.3) is 32.9 Å². The molecule has 3 heteroatoms. The van der Waals surface area contributed by atoms with Crippen molar-refractivity contribution >= 4 is 21.7 Å². The van der Waals surface area contributed by atoms with Gasteiger partial charge in [-0.3, -0.25) is 0 Å². The number of rotatable bonds is 6. The Balaban J connectivity index is 1.87. The highest BCUT2D eigenvalue weighted by atomic mass is 16.5. The predicted octanol–water partition coefficient (Wildman–Crippen LogP) is 5.28. The third kappa shape index (κ3) is 3.06. The molecule has 0 fully saturated rings. The Hall–Kier alpha value is -2.78. The van der Waals surface area contributed by atoms with Gasteiger partial charge in [0.2, 0.25) is 0 Å². The van der Waals surface area contributed by atoms with Crippen LogP contribution >= 0.6 is 0 Å². The van der Waals surface area contributed by atoms with Crippen molar-refractivity contribution in [1.82, 2.24) is 4.98 Å². The van der Waals surface area contributed by atoms with Gasteiger partial charge in [0.1, 0.15) is 5.75 Å². The van der Waals surface area contributed by atoms with Crippen LogP contribution in [0, 0.1) is 0 Å². The Morgan fingerprint density at radius 2 is 1.77 bits per heavy atom. The van der Waals surface area contributed by atoms with Gasteiger partial charge in [0.05, 0.1) is 7.11 Å². The number of aromatic nitrogens is 1. The molecule has 3 N–H and O–H groups in total. The number of benzene rings is 3. The fraction of sp³-hybridized carbons (Fsp3) is 0.217. The lowest BCUT2D eigenvalue weighted by molar-refractivity contribution is 0.415. The largest absolute Gasteiger partial charge is 0.497 e. The van der Waals surface area contributed by atoms with Crippen LogP contribution in [0.1, 0.15) is 18.4 Å². The molecule has 0 aliphatic heterocycles. The summed E-state index contributed by atoms with van der Waals surface area (Å²) >= 11 is 0. The maximum atomic E-state index is 5.71. The van der Waals surface area contributed by atoms with Gasteiger partial charge in [-0.1, -0.05) is 36.4 Å². The summed E-state index contributed by atoms with van der Waals surface area (Å²) in [6, 6.07) is 21.4. The van der Waals surface area contributed by atoms with Gasteiger partial charge in [0.25, 0.3) is 0 Å². The van der Waals surface area contributed by atoms with Gasteiger partial charge in [-0.2, -0.15) is 0 Å². The molecule has 132 valence electrons. The molecule has 0 bridgehead atoms. The summed E-state index contributed by atoms with van der Waals surface area (Å²) in [5.41, 5.74) is 10.6. The molecule has 0 saturated heterocycles. The van der Waals surface area contributed by atoms with E-state index in [1.165, 1.54) is 33.0 Å². The van der Waals surface area contributed by atoms with E-state index in [-0.39, 0.29) is 0 Å². The minimum absolute atomic E-state index is 0.733. The maximum Gasteiger partial charge on any atom is 0.119 e. The number of aryl methyl sites for hydroxylation is 1. The van der Waals surface area contributed by atoms with E-state index in [9.17, 15) is 0 Å². The molecule has 0 amide bonds. The van der Waals surface area contributed by atoms with Crippen molar-refractivity contribution in [3.05, 3.63) is 66.2 Å². The van der Waals surface area contributed by atoms with Crippen LogP contribution in [-0.2, 0) is 6.42 Å². The van der Waals surface area contributed by atoms with Crippen molar-refractivity contribution in [2.24, 2.45) is 5.73 Å². The van der Waals surface area contributed by atoms with Crippen molar-refractivity contribution in [2.45, 2.75) is 19.3 Å². The molecule has 4 aromatic rings. The fourth-order valence-electron chi connectivity index (χ4n) is 3.65. The average Bonchev–Trinajstić information content (AvgIpc) is 3.05. The van der Waals surface area contributed by atoms with E-state index < -0.39 is 0 Å². The number of hydrogen-bond donors (Lipinski definition) is 2. The van der Waals surface area contributed by atoms with Crippen molar-refractivity contribution in [2.75, 3.05) is 13.7 Å². The molecular weight excluding hydrogens is 320 g/mol. The van der Waals surface area contributed by atoms with E-state index in [1.807, 2.05) is 6.07 Å². The second-order valence-corrected chi connectivity index (χ2v) is 6.70. The van der Waals surface area contributed by atoms with Crippen LogP contribution in [0.2, 0.25) is 0 Å². The van der Waals surface area contributed by atoms with Crippen LogP contribution in [-0.4, -0.2) is 18.6 Å². The second kappa shape index (κ2) is 7.22. The highest BCUT2D eigenvalue weighted by Gasteiger charge is 2.14. The zero-order valence-corrected chi connectivity index (χ0v) is 15.1. The predicted molar refractivity (Wildman–Crippen MR) is 110 cm³/mol. The summed E-state index contributed by atoms with van der Waals surface area (Å²) in [4.78, 5) is 3.64. The molecule has 0 spiro atoms. The van der Waals surface area contributed by atoms with Crippen molar-refractivity contribution in [3.63, 3.8) is 0 Å². The normalized spacial score (nSPS) is 11.3. The second-order valence-electron chi connectivity index (χ2n) is 6.70. The standard InChI is InChI=1S/C23H24N2O/c1-26-19-11-12-22-21(15-19)20(8-4-5-13-24)23(25-22)18-10-9-16-6-2-3-7-17(16)14-18/h2-3,6-7,9-12,14-15,25H,4-5,8,13,24H2,1H3. The van der Waals surface area contributed by atoms with Crippen LogP contribution in [0.15, 0.2) is 60.7 Å². The first-order chi connectivity index (χ1) is 12.8. The maximum absolute atomic E-state index is 5.71. The molecule has 1 aromatic heterocycles. The molecule has 0 atom stereocenters. The Bertz CT molecular complexity index is 1050. The number of H-pyrrole nitrogens is 1. The molecule has 3 nitrogen and oxygen atoms in total. The number of aromatic amines is 1. The molecule has 4 rings (SSSR count). The van der Waals surface area contributed by atoms with Crippen LogP contribution in [0.3, 0.4) is 0 Å². The van der Waals surface area contributed by atoms with Gasteiger partial charge in [0, 0.05) is 16.6 Å². The summed E-state index contributed by atoms with van der Waals surface area (Å²) in [6.45, 7) is 0.733. The van der Waals surface area contributed by atoms with Gasteiger partial charge in [-0.25, -0.2) is 0 Å². The summed E-state index contributed by atoms with van der Waals surface area (Å²) in [6.07, 6.45) is 3.13. The number of unbranched alkanes of at least 4 members (excludes halogenated alkanes) is 1. The van der Waals surface area contributed by atoms with Crippen LogP contribution in [0.4, 0.5) is 0 Å². The Morgan fingerprint density at radius 1 is 0.923 bits per heavy atom. The topological polar surface area (TPSA) is 51.0 Å². The van der Waals surface area contributed by atoms with Gasteiger partial charge >= 0.3 is 0 Å². The smallest absolute Gasteiger partial charge is 0.119 e.